The Morgan fingerprint density at radius 2 is 2.09 bits per heavy atom. The van der Waals surface area contributed by atoms with Gasteiger partial charge in [0.1, 0.15) is 5.69 Å². The van der Waals surface area contributed by atoms with E-state index in [-0.39, 0.29) is 18.3 Å². The second-order valence-electron chi connectivity index (χ2n) is 4.88. The molecule has 3 N–H and O–H groups in total. The molecule has 0 radical (unpaired) electrons. The van der Waals surface area contributed by atoms with Crippen molar-refractivity contribution in [1.82, 2.24) is 10.3 Å². The summed E-state index contributed by atoms with van der Waals surface area (Å²) in [6, 6.07) is 8.83. The molecule has 1 atom stereocenters. The van der Waals surface area contributed by atoms with E-state index in [0.717, 1.165) is 10.6 Å². The predicted octanol–water partition coefficient (Wildman–Crippen LogP) is 1.68. The third-order valence-electron chi connectivity index (χ3n) is 3.25. The van der Waals surface area contributed by atoms with Crippen LogP contribution in [0.5, 0.6) is 0 Å². The molecule has 1 unspecified atom stereocenters. The minimum absolute atomic E-state index is 0.0616. The number of thiazole rings is 1. The van der Waals surface area contributed by atoms with Crippen LogP contribution in [0.3, 0.4) is 0 Å². The molecule has 6 nitrogen and oxygen atoms in total. The second kappa shape index (κ2) is 8.40. The molecule has 7 heteroatoms. The van der Waals surface area contributed by atoms with Crippen LogP contribution in [0.2, 0.25) is 0 Å². The number of carbonyl (C=O) groups excluding carboxylic acids is 2. The average Bonchev–Trinajstić information content (AvgIpc) is 3.04. The topological polar surface area (TPSA) is 94.3 Å². The molecule has 2 aromatic rings. The number of carbonyl (C=O) groups is 2. The van der Waals surface area contributed by atoms with Crippen LogP contribution < -0.4 is 11.1 Å². The zero-order chi connectivity index (χ0) is 16.7. The summed E-state index contributed by atoms with van der Waals surface area (Å²) in [7, 11) is 1.33. The van der Waals surface area contributed by atoms with Crippen LogP contribution in [-0.4, -0.2) is 30.5 Å². The maximum Gasteiger partial charge on any atom is 0.307 e. The van der Waals surface area contributed by atoms with Gasteiger partial charge in [0.15, 0.2) is 0 Å². The molecule has 23 heavy (non-hydrogen) atoms. The van der Waals surface area contributed by atoms with Gasteiger partial charge in [-0.2, -0.15) is 0 Å². The first-order valence-corrected chi connectivity index (χ1v) is 8.09. The van der Waals surface area contributed by atoms with Crippen molar-refractivity contribution in [2.75, 3.05) is 13.7 Å². The van der Waals surface area contributed by atoms with E-state index in [0.29, 0.717) is 18.7 Å². The van der Waals surface area contributed by atoms with Gasteiger partial charge in [-0.05, 0) is 12.1 Å². The molecule has 122 valence electrons. The fourth-order valence-corrected chi connectivity index (χ4v) is 2.87. The number of rotatable bonds is 7. The van der Waals surface area contributed by atoms with Crippen molar-refractivity contribution in [2.45, 2.75) is 18.9 Å². The van der Waals surface area contributed by atoms with E-state index in [1.807, 2.05) is 30.3 Å². The van der Waals surface area contributed by atoms with Crippen LogP contribution in [0.15, 0.2) is 35.7 Å². The summed E-state index contributed by atoms with van der Waals surface area (Å²) in [6.07, 6.45) is 0.703. The highest BCUT2D eigenvalue weighted by Crippen LogP contribution is 2.18. The van der Waals surface area contributed by atoms with Crippen molar-refractivity contribution >= 4 is 23.2 Å². The number of benzene rings is 1. The fraction of sp³-hybridized carbons (Fsp3) is 0.312. The highest BCUT2D eigenvalue weighted by molar-refractivity contribution is 7.09. The minimum Gasteiger partial charge on any atom is -0.469 e. The van der Waals surface area contributed by atoms with E-state index < -0.39 is 6.04 Å². The molecule has 0 aliphatic carbocycles. The summed E-state index contributed by atoms with van der Waals surface area (Å²) < 4.78 is 4.71. The zero-order valence-corrected chi connectivity index (χ0v) is 13.6. The van der Waals surface area contributed by atoms with Crippen molar-refractivity contribution in [3.05, 3.63) is 52.0 Å². The Labute approximate surface area is 138 Å². The summed E-state index contributed by atoms with van der Waals surface area (Å²) >= 11 is 1.40. The number of esters is 1. The number of nitrogens with two attached hydrogens (primary N) is 1. The SMILES string of the molecule is COC(=O)CC(NC(=O)c1csc(CCN)n1)c1ccccc1. The van der Waals surface area contributed by atoms with Gasteiger partial charge >= 0.3 is 5.97 Å². The van der Waals surface area contributed by atoms with E-state index in [1.54, 1.807) is 5.38 Å². The summed E-state index contributed by atoms with van der Waals surface area (Å²) in [5.74, 6) is -0.705. The first-order chi connectivity index (χ1) is 11.1. The van der Waals surface area contributed by atoms with E-state index in [2.05, 4.69) is 10.3 Å². The van der Waals surface area contributed by atoms with Crippen molar-refractivity contribution in [3.8, 4) is 0 Å². The van der Waals surface area contributed by atoms with Gasteiger partial charge in [-0.25, -0.2) is 4.98 Å². The quantitative estimate of drug-likeness (QED) is 0.752. The summed E-state index contributed by atoms with van der Waals surface area (Å²) in [6.45, 7) is 0.490. The number of aromatic nitrogens is 1. The Morgan fingerprint density at radius 1 is 1.35 bits per heavy atom. The number of amides is 1. The van der Waals surface area contributed by atoms with Gasteiger partial charge in [-0.15, -0.1) is 11.3 Å². The van der Waals surface area contributed by atoms with E-state index in [1.165, 1.54) is 18.4 Å². The normalized spacial score (nSPS) is 11.7. The maximum absolute atomic E-state index is 12.4. The van der Waals surface area contributed by atoms with Crippen LogP contribution in [0, 0.1) is 0 Å². The number of methoxy groups -OCH3 is 1. The Kier molecular flexibility index (Phi) is 6.25. The van der Waals surface area contributed by atoms with E-state index in [9.17, 15) is 9.59 Å². The number of hydrogen-bond acceptors (Lipinski definition) is 6. The van der Waals surface area contributed by atoms with Crippen LogP contribution in [0.1, 0.15) is 33.5 Å². The molecule has 0 spiro atoms. The first-order valence-electron chi connectivity index (χ1n) is 7.21. The molecule has 1 aromatic carbocycles. The lowest BCUT2D eigenvalue weighted by Crippen LogP contribution is -2.30. The zero-order valence-electron chi connectivity index (χ0n) is 12.8. The molecule has 1 heterocycles. The van der Waals surface area contributed by atoms with Gasteiger partial charge in [-0.3, -0.25) is 9.59 Å². The number of ether oxygens (including phenoxy) is 1. The molecular formula is C16H19N3O3S. The second-order valence-corrected chi connectivity index (χ2v) is 5.82. The molecule has 2 rings (SSSR count). The van der Waals surface area contributed by atoms with Crippen molar-refractivity contribution in [3.63, 3.8) is 0 Å². The Morgan fingerprint density at radius 3 is 2.74 bits per heavy atom. The van der Waals surface area contributed by atoms with E-state index in [4.69, 9.17) is 10.5 Å². The van der Waals surface area contributed by atoms with Gasteiger partial charge in [0.25, 0.3) is 5.91 Å². The number of nitrogens with zero attached hydrogens (tertiary/aromatic N) is 1. The van der Waals surface area contributed by atoms with Crippen molar-refractivity contribution in [2.24, 2.45) is 5.73 Å². The molecule has 0 aliphatic rings. The van der Waals surface area contributed by atoms with Crippen molar-refractivity contribution in [1.29, 1.82) is 0 Å². The highest BCUT2D eigenvalue weighted by Gasteiger charge is 2.20. The fourth-order valence-electron chi connectivity index (χ4n) is 2.07. The lowest BCUT2D eigenvalue weighted by Gasteiger charge is -2.17. The molecular weight excluding hydrogens is 314 g/mol. The monoisotopic (exact) mass is 333 g/mol. The lowest BCUT2D eigenvalue weighted by molar-refractivity contribution is -0.141. The summed E-state index contributed by atoms with van der Waals surface area (Å²) in [5, 5.41) is 5.36. The van der Waals surface area contributed by atoms with Crippen LogP contribution in [0.4, 0.5) is 0 Å². The Bertz CT molecular complexity index is 658. The maximum atomic E-state index is 12.4. The molecule has 1 aromatic heterocycles. The van der Waals surface area contributed by atoms with Crippen molar-refractivity contribution < 1.29 is 14.3 Å². The largest absolute Gasteiger partial charge is 0.469 e. The molecule has 0 fully saturated rings. The van der Waals surface area contributed by atoms with Gasteiger partial charge in [-0.1, -0.05) is 30.3 Å². The smallest absolute Gasteiger partial charge is 0.307 e. The third kappa shape index (κ3) is 4.87. The standard InChI is InChI=1S/C16H19N3O3S/c1-22-15(20)9-12(11-5-3-2-4-6-11)19-16(21)13-10-23-14(18-13)7-8-17/h2-6,10,12H,7-9,17H2,1H3,(H,19,21). The third-order valence-corrected chi connectivity index (χ3v) is 4.16. The van der Waals surface area contributed by atoms with Gasteiger partial charge < -0.3 is 15.8 Å². The molecule has 0 aliphatic heterocycles. The van der Waals surface area contributed by atoms with Gasteiger partial charge in [0.05, 0.1) is 24.6 Å². The van der Waals surface area contributed by atoms with E-state index >= 15 is 0 Å². The number of nitrogens with one attached hydrogen (secondary N) is 1. The molecule has 0 saturated heterocycles. The summed E-state index contributed by atoms with van der Waals surface area (Å²) in [5.41, 5.74) is 6.66. The molecule has 1 amide bonds. The lowest BCUT2D eigenvalue weighted by atomic mass is 10.0. The minimum atomic E-state index is -0.462. The summed E-state index contributed by atoms with van der Waals surface area (Å²) in [4.78, 5) is 28.2. The van der Waals surface area contributed by atoms with Crippen LogP contribution in [0.25, 0.3) is 0 Å². The Balaban J connectivity index is 2.12. The average molecular weight is 333 g/mol. The predicted molar refractivity (Wildman–Crippen MR) is 88.2 cm³/mol. The highest BCUT2D eigenvalue weighted by atomic mass is 32.1. The van der Waals surface area contributed by atoms with Crippen LogP contribution >= 0.6 is 11.3 Å². The number of hydrogen-bond donors (Lipinski definition) is 2. The van der Waals surface area contributed by atoms with Gasteiger partial charge in [0.2, 0.25) is 0 Å². The van der Waals surface area contributed by atoms with Gasteiger partial charge in [0, 0.05) is 11.8 Å². The molecule has 0 saturated carbocycles. The van der Waals surface area contributed by atoms with Crippen LogP contribution in [-0.2, 0) is 16.0 Å². The Hall–Kier alpha value is -2.25. The first kappa shape index (κ1) is 17.1. The molecule has 0 bridgehead atoms.